The number of ether oxygens (including phenoxy) is 1. The van der Waals surface area contributed by atoms with E-state index in [1.165, 1.54) is 0 Å². The molecule has 1 aliphatic heterocycles. The monoisotopic (exact) mass is 368 g/mol. The maximum absolute atomic E-state index is 12.3. The minimum atomic E-state index is -0.438. The second kappa shape index (κ2) is 7.59. The number of nitrogens with one attached hydrogen (secondary N) is 1. The Morgan fingerprint density at radius 1 is 1.47 bits per heavy atom. The molecule has 0 saturated carbocycles. The first-order chi connectivity index (χ1) is 8.66. The zero-order chi connectivity index (χ0) is 13.0. The summed E-state index contributed by atoms with van der Waals surface area (Å²) in [5, 5.41) is 2.99. The van der Waals surface area contributed by atoms with Crippen LogP contribution in [-0.4, -0.2) is 25.7 Å². The highest BCUT2D eigenvalue weighted by Crippen LogP contribution is 2.30. The molecule has 0 aromatic carbocycles. The van der Waals surface area contributed by atoms with E-state index in [1.54, 1.807) is 11.3 Å². The predicted molar refractivity (Wildman–Crippen MR) is 82.7 cm³/mol. The van der Waals surface area contributed by atoms with Crippen LogP contribution in [-0.2, 0) is 16.1 Å². The molecule has 1 amide bonds. The predicted octanol–water partition coefficient (Wildman–Crippen LogP) is 2.30. The lowest BCUT2D eigenvalue weighted by Gasteiger charge is -2.34. The van der Waals surface area contributed by atoms with Crippen molar-refractivity contribution in [3.63, 3.8) is 0 Å². The third kappa shape index (κ3) is 4.16. The standard InChI is InChI=1S/C12H17BrN2O2S.ClH/c13-10-2-1-9(18-10)7-15-11(16)12(8-14)3-5-17-6-4-12;/h1-2H,3-8,14H2,(H,15,16);1H. The fraction of sp³-hybridized carbons (Fsp3) is 0.583. The van der Waals surface area contributed by atoms with Gasteiger partial charge in [0.25, 0.3) is 0 Å². The average Bonchev–Trinajstić information content (AvgIpc) is 2.82. The summed E-state index contributed by atoms with van der Waals surface area (Å²) in [4.78, 5) is 13.4. The van der Waals surface area contributed by atoms with E-state index >= 15 is 0 Å². The number of thiophene rings is 1. The van der Waals surface area contributed by atoms with Gasteiger partial charge in [-0.2, -0.15) is 0 Å². The summed E-state index contributed by atoms with van der Waals surface area (Å²) >= 11 is 5.04. The molecule has 19 heavy (non-hydrogen) atoms. The zero-order valence-corrected chi connectivity index (χ0v) is 13.7. The highest BCUT2D eigenvalue weighted by atomic mass is 79.9. The number of carbonyl (C=O) groups is 1. The summed E-state index contributed by atoms with van der Waals surface area (Å²) in [6.07, 6.45) is 1.42. The molecular weight excluding hydrogens is 352 g/mol. The van der Waals surface area contributed by atoms with E-state index in [4.69, 9.17) is 10.5 Å². The van der Waals surface area contributed by atoms with Crippen LogP contribution in [0.25, 0.3) is 0 Å². The second-order valence-electron chi connectivity index (χ2n) is 4.49. The first-order valence-corrected chi connectivity index (χ1v) is 7.57. The number of rotatable bonds is 4. The van der Waals surface area contributed by atoms with Crippen LogP contribution < -0.4 is 11.1 Å². The molecule has 1 aromatic heterocycles. The smallest absolute Gasteiger partial charge is 0.227 e. The van der Waals surface area contributed by atoms with Gasteiger partial charge in [0.1, 0.15) is 0 Å². The van der Waals surface area contributed by atoms with Crippen LogP contribution >= 0.6 is 39.7 Å². The molecule has 4 nitrogen and oxygen atoms in total. The molecule has 0 aliphatic carbocycles. The largest absolute Gasteiger partial charge is 0.381 e. The van der Waals surface area contributed by atoms with Crippen molar-refractivity contribution in [1.29, 1.82) is 0 Å². The second-order valence-corrected chi connectivity index (χ2v) is 7.03. The van der Waals surface area contributed by atoms with Crippen LogP contribution in [0.15, 0.2) is 15.9 Å². The number of halogens is 2. The Balaban J connectivity index is 0.00000180. The van der Waals surface area contributed by atoms with E-state index < -0.39 is 5.41 Å². The summed E-state index contributed by atoms with van der Waals surface area (Å²) in [5.74, 6) is 0.0535. The van der Waals surface area contributed by atoms with Crippen LogP contribution in [0, 0.1) is 5.41 Å². The molecule has 0 radical (unpaired) electrons. The Labute approximate surface area is 131 Å². The topological polar surface area (TPSA) is 64.4 Å². The minimum absolute atomic E-state index is 0. The highest BCUT2D eigenvalue weighted by molar-refractivity contribution is 9.11. The summed E-state index contributed by atoms with van der Waals surface area (Å²) < 4.78 is 6.38. The Kier molecular flexibility index (Phi) is 6.76. The molecule has 1 saturated heterocycles. The Bertz CT molecular complexity index is 422. The number of carbonyl (C=O) groups excluding carboxylic acids is 1. The van der Waals surface area contributed by atoms with Crippen molar-refractivity contribution in [2.75, 3.05) is 19.8 Å². The molecule has 108 valence electrons. The number of hydrogen-bond donors (Lipinski definition) is 2. The van der Waals surface area contributed by atoms with Crippen molar-refractivity contribution in [2.45, 2.75) is 19.4 Å². The highest BCUT2D eigenvalue weighted by Gasteiger charge is 2.38. The average molecular weight is 370 g/mol. The van der Waals surface area contributed by atoms with Gasteiger partial charge in [0.05, 0.1) is 15.7 Å². The first kappa shape index (κ1) is 16.9. The van der Waals surface area contributed by atoms with Gasteiger partial charge in [0, 0.05) is 24.6 Å². The zero-order valence-electron chi connectivity index (χ0n) is 10.5. The van der Waals surface area contributed by atoms with Crippen molar-refractivity contribution in [3.8, 4) is 0 Å². The molecule has 1 aliphatic rings. The third-order valence-corrected chi connectivity index (χ3v) is 5.00. The normalized spacial score (nSPS) is 17.6. The number of nitrogens with two attached hydrogens (primary N) is 1. The van der Waals surface area contributed by atoms with Gasteiger partial charge in [-0.05, 0) is 40.9 Å². The van der Waals surface area contributed by atoms with Crippen LogP contribution in [0.4, 0.5) is 0 Å². The summed E-state index contributed by atoms with van der Waals surface area (Å²) in [6.45, 7) is 2.19. The Morgan fingerprint density at radius 3 is 2.68 bits per heavy atom. The fourth-order valence-electron chi connectivity index (χ4n) is 2.09. The molecule has 0 spiro atoms. The van der Waals surface area contributed by atoms with Gasteiger partial charge in [-0.1, -0.05) is 0 Å². The van der Waals surface area contributed by atoms with Crippen molar-refractivity contribution in [2.24, 2.45) is 11.1 Å². The van der Waals surface area contributed by atoms with Gasteiger partial charge in [-0.3, -0.25) is 4.79 Å². The summed E-state index contributed by atoms with van der Waals surface area (Å²) in [5.41, 5.74) is 5.35. The molecule has 3 N–H and O–H groups in total. The molecule has 1 aromatic rings. The summed E-state index contributed by atoms with van der Waals surface area (Å²) in [7, 11) is 0. The van der Waals surface area contributed by atoms with Crippen molar-refractivity contribution in [1.82, 2.24) is 5.32 Å². The lowest BCUT2D eigenvalue weighted by atomic mass is 9.79. The Hall–Kier alpha value is -0.140. The van der Waals surface area contributed by atoms with Crippen LogP contribution in [0.2, 0.25) is 0 Å². The molecule has 7 heteroatoms. The van der Waals surface area contributed by atoms with Gasteiger partial charge >= 0.3 is 0 Å². The van der Waals surface area contributed by atoms with Gasteiger partial charge in [0.15, 0.2) is 0 Å². The van der Waals surface area contributed by atoms with E-state index in [0.29, 0.717) is 39.1 Å². The van der Waals surface area contributed by atoms with E-state index in [2.05, 4.69) is 21.2 Å². The van der Waals surface area contributed by atoms with Crippen molar-refractivity contribution < 1.29 is 9.53 Å². The molecule has 2 heterocycles. The van der Waals surface area contributed by atoms with Crippen LogP contribution in [0.3, 0.4) is 0 Å². The molecule has 0 unspecified atom stereocenters. The molecule has 2 rings (SSSR count). The van der Waals surface area contributed by atoms with Crippen molar-refractivity contribution in [3.05, 3.63) is 20.8 Å². The number of amides is 1. The van der Waals surface area contributed by atoms with Crippen LogP contribution in [0.5, 0.6) is 0 Å². The van der Waals surface area contributed by atoms with Gasteiger partial charge in [-0.25, -0.2) is 0 Å². The minimum Gasteiger partial charge on any atom is -0.381 e. The maximum atomic E-state index is 12.3. The quantitative estimate of drug-likeness (QED) is 0.856. The maximum Gasteiger partial charge on any atom is 0.227 e. The lowest BCUT2D eigenvalue weighted by molar-refractivity contribution is -0.136. The van der Waals surface area contributed by atoms with Gasteiger partial charge in [-0.15, -0.1) is 23.7 Å². The third-order valence-electron chi connectivity index (χ3n) is 3.37. The van der Waals surface area contributed by atoms with E-state index in [-0.39, 0.29) is 18.3 Å². The van der Waals surface area contributed by atoms with Crippen LogP contribution in [0.1, 0.15) is 17.7 Å². The van der Waals surface area contributed by atoms with E-state index in [9.17, 15) is 4.79 Å². The molecule has 0 bridgehead atoms. The first-order valence-electron chi connectivity index (χ1n) is 5.97. The van der Waals surface area contributed by atoms with Gasteiger partial charge < -0.3 is 15.8 Å². The van der Waals surface area contributed by atoms with E-state index in [0.717, 1.165) is 8.66 Å². The fourth-order valence-corrected chi connectivity index (χ4v) is 3.51. The molecular formula is C12H18BrClN2O2S. The molecule has 0 atom stereocenters. The molecule has 1 fully saturated rings. The van der Waals surface area contributed by atoms with Gasteiger partial charge in [0.2, 0.25) is 5.91 Å². The summed E-state index contributed by atoms with van der Waals surface area (Å²) in [6, 6.07) is 3.99. The van der Waals surface area contributed by atoms with E-state index in [1.807, 2.05) is 12.1 Å². The lowest BCUT2D eigenvalue weighted by Crippen LogP contribution is -2.48. The SMILES string of the molecule is Cl.NCC1(C(=O)NCc2ccc(Br)s2)CCOCC1. The number of hydrogen-bond acceptors (Lipinski definition) is 4. The van der Waals surface area contributed by atoms with Crippen molar-refractivity contribution >= 4 is 45.6 Å². The Morgan fingerprint density at radius 2 is 2.16 bits per heavy atom.